The van der Waals surface area contributed by atoms with Crippen LogP contribution in [0.15, 0.2) is 60.7 Å². The van der Waals surface area contributed by atoms with E-state index in [0.717, 1.165) is 21.8 Å². The predicted molar refractivity (Wildman–Crippen MR) is 119 cm³/mol. The summed E-state index contributed by atoms with van der Waals surface area (Å²) in [6, 6.07) is 15.9. The number of allylic oxidation sites excluding steroid dienone is 2. The van der Waals surface area contributed by atoms with Gasteiger partial charge in [-0.15, -0.1) is 11.3 Å². The van der Waals surface area contributed by atoms with Crippen LogP contribution in [0.2, 0.25) is 0 Å². The predicted octanol–water partition coefficient (Wildman–Crippen LogP) is 6.39. The first-order valence-electron chi connectivity index (χ1n) is 9.09. The van der Waals surface area contributed by atoms with Gasteiger partial charge in [-0.2, -0.15) is 0 Å². The number of hydrogen-bond donors (Lipinski definition) is 0. The van der Waals surface area contributed by atoms with E-state index in [0.29, 0.717) is 0 Å². The van der Waals surface area contributed by atoms with E-state index in [1.807, 2.05) is 87.5 Å². The maximum Gasteiger partial charge on any atom is 0.414 e. The zero-order valence-corrected chi connectivity index (χ0v) is 17.4. The minimum absolute atomic E-state index is 0.366. The Balaban J connectivity index is 1.61. The molecule has 1 heterocycles. The minimum Gasteiger partial charge on any atom is -0.443 e. The third-order valence-electron chi connectivity index (χ3n) is 3.90. The maximum absolute atomic E-state index is 12.1. The Morgan fingerprint density at radius 1 is 1.04 bits per heavy atom. The van der Waals surface area contributed by atoms with Gasteiger partial charge in [0.25, 0.3) is 0 Å². The van der Waals surface area contributed by atoms with Crippen molar-refractivity contribution in [3.63, 3.8) is 0 Å². The molecule has 28 heavy (non-hydrogen) atoms. The zero-order chi connectivity index (χ0) is 20.1. The lowest BCUT2D eigenvalue weighted by Gasteiger charge is -2.24. The highest BCUT2D eigenvalue weighted by molar-refractivity contribution is 7.19. The van der Waals surface area contributed by atoms with Crippen LogP contribution in [0.25, 0.3) is 22.4 Å². The van der Waals surface area contributed by atoms with Crippen molar-refractivity contribution in [3.05, 3.63) is 71.3 Å². The average molecular weight is 393 g/mol. The van der Waals surface area contributed by atoms with Crippen molar-refractivity contribution in [1.82, 2.24) is 4.98 Å². The Hall–Kier alpha value is -2.92. The van der Waals surface area contributed by atoms with Crippen LogP contribution in [0, 0.1) is 0 Å². The monoisotopic (exact) mass is 392 g/mol. The second-order valence-corrected chi connectivity index (χ2v) is 8.43. The fraction of sp³-hybridized carbons (Fsp3) is 0.217. The van der Waals surface area contributed by atoms with Crippen LogP contribution < -0.4 is 4.90 Å². The number of para-hydroxylation sites is 1. The Bertz CT molecular complexity index is 978. The molecule has 4 nitrogen and oxygen atoms in total. The Morgan fingerprint density at radius 2 is 1.71 bits per heavy atom. The number of hydrogen-bond acceptors (Lipinski definition) is 4. The highest BCUT2D eigenvalue weighted by Crippen LogP contribution is 2.22. The number of benzene rings is 2. The molecule has 0 saturated heterocycles. The lowest BCUT2D eigenvalue weighted by molar-refractivity contribution is 0.0589. The van der Waals surface area contributed by atoms with E-state index in [-0.39, 0.29) is 6.09 Å². The molecule has 0 bridgehead atoms. The first-order valence-corrected chi connectivity index (χ1v) is 9.90. The van der Waals surface area contributed by atoms with Crippen LogP contribution >= 0.6 is 11.3 Å². The summed E-state index contributed by atoms with van der Waals surface area (Å²) in [5, 5.41) is 0.986. The summed E-state index contributed by atoms with van der Waals surface area (Å²) in [7, 11) is 1.71. The van der Waals surface area contributed by atoms with Crippen LogP contribution in [0.5, 0.6) is 0 Å². The van der Waals surface area contributed by atoms with E-state index in [2.05, 4.69) is 11.1 Å². The molecule has 0 aliphatic carbocycles. The zero-order valence-electron chi connectivity index (χ0n) is 16.5. The van der Waals surface area contributed by atoms with Crippen molar-refractivity contribution in [2.24, 2.45) is 0 Å². The van der Waals surface area contributed by atoms with Crippen molar-refractivity contribution >= 4 is 45.5 Å². The second-order valence-electron chi connectivity index (χ2n) is 7.37. The number of anilines is 1. The Labute approximate surface area is 169 Å². The van der Waals surface area contributed by atoms with Gasteiger partial charge in [-0.3, -0.25) is 4.90 Å². The maximum atomic E-state index is 12.1. The number of carbonyl (C=O) groups is 1. The van der Waals surface area contributed by atoms with E-state index in [4.69, 9.17) is 4.74 Å². The first-order chi connectivity index (χ1) is 13.3. The van der Waals surface area contributed by atoms with Crippen LogP contribution in [-0.2, 0) is 4.74 Å². The first kappa shape index (κ1) is 19.8. The number of ether oxygens (including phenoxy) is 1. The molecule has 5 heteroatoms. The number of aromatic nitrogens is 1. The van der Waals surface area contributed by atoms with Gasteiger partial charge in [-0.05, 0) is 56.7 Å². The highest BCUT2D eigenvalue weighted by Gasteiger charge is 2.20. The molecular formula is C23H24N2O2S. The van der Waals surface area contributed by atoms with Crippen LogP contribution in [0.4, 0.5) is 10.5 Å². The van der Waals surface area contributed by atoms with E-state index in [1.165, 1.54) is 9.60 Å². The standard InChI is InChI=1S/C23H24N2O2S/c1-23(2,3)27-22(26)25(4)18-15-13-17(14-16-18)9-5-8-12-21-24-19-10-6-7-11-20(19)28-21/h5-16H,1-4H3. The molecule has 1 aromatic heterocycles. The SMILES string of the molecule is CN(C(=O)OC(C)(C)C)c1ccc(C=CC=Cc2nc3ccccc3s2)cc1. The molecule has 0 N–H and O–H groups in total. The summed E-state index contributed by atoms with van der Waals surface area (Å²) in [6.07, 6.45) is 7.62. The molecule has 144 valence electrons. The van der Waals surface area contributed by atoms with Crippen LogP contribution in [0.1, 0.15) is 31.3 Å². The molecule has 0 spiro atoms. The van der Waals surface area contributed by atoms with Gasteiger partial charge in [0, 0.05) is 12.7 Å². The molecule has 3 rings (SSSR count). The van der Waals surface area contributed by atoms with E-state index < -0.39 is 5.60 Å². The summed E-state index contributed by atoms with van der Waals surface area (Å²) in [5.74, 6) is 0. The average Bonchev–Trinajstić information content (AvgIpc) is 3.06. The topological polar surface area (TPSA) is 42.4 Å². The third-order valence-corrected chi connectivity index (χ3v) is 4.90. The summed E-state index contributed by atoms with van der Waals surface area (Å²) < 4.78 is 6.58. The van der Waals surface area contributed by atoms with Crippen molar-refractivity contribution in [2.45, 2.75) is 26.4 Å². The summed E-state index contributed by atoms with van der Waals surface area (Å²) in [6.45, 7) is 5.57. The molecule has 0 aliphatic rings. The fourth-order valence-electron chi connectivity index (χ4n) is 2.51. The molecular weight excluding hydrogens is 368 g/mol. The molecule has 0 fully saturated rings. The number of amides is 1. The smallest absolute Gasteiger partial charge is 0.414 e. The van der Waals surface area contributed by atoms with E-state index >= 15 is 0 Å². The minimum atomic E-state index is -0.510. The lowest BCUT2D eigenvalue weighted by atomic mass is 10.2. The Kier molecular flexibility index (Phi) is 5.95. The van der Waals surface area contributed by atoms with Gasteiger partial charge >= 0.3 is 6.09 Å². The molecule has 0 atom stereocenters. The molecule has 0 aliphatic heterocycles. The van der Waals surface area contributed by atoms with Gasteiger partial charge < -0.3 is 4.74 Å². The number of rotatable bonds is 4. The third kappa shape index (κ3) is 5.30. The number of fused-ring (bicyclic) bond motifs is 1. The van der Waals surface area contributed by atoms with Gasteiger partial charge in [0.1, 0.15) is 10.6 Å². The normalized spacial score (nSPS) is 12.1. The highest BCUT2D eigenvalue weighted by atomic mass is 32.1. The van der Waals surface area contributed by atoms with Gasteiger partial charge in [0.15, 0.2) is 0 Å². The fourth-order valence-corrected chi connectivity index (χ4v) is 3.39. The largest absolute Gasteiger partial charge is 0.443 e. The molecule has 1 amide bonds. The number of thiazole rings is 1. The molecule has 0 radical (unpaired) electrons. The summed E-state index contributed by atoms with van der Waals surface area (Å²) in [5.41, 5.74) is 2.36. The van der Waals surface area contributed by atoms with Crippen molar-refractivity contribution in [2.75, 3.05) is 11.9 Å². The van der Waals surface area contributed by atoms with Gasteiger partial charge in [0.2, 0.25) is 0 Å². The quantitative estimate of drug-likeness (QED) is 0.483. The van der Waals surface area contributed by atoms with Gasteiger partial charge in [0.05, 0.1) is 10.2 Å². The van der Waals surface area contributed by atoms with E-state index in [9.17, 15) is 4.79 Å². The van der Waals surface area contributed by atoms with Crippen LogP contribution in [0.3, 0.4) is 0 Å². The molecule has 2 aromatic carbocycles. The molecule has 0 saturated carbocycles. The van der Waals surface area contributed by atoms with Crippen molar-refractivity contribution < 1.29 is 9.53 Å². The number of nitrogens with zero attached hydrogens (tertiary/aromatic N) is 2. The summed E-state index contributed by atoms with van der Waals surface area (Å²) >= 11 is 1.67. The van der Waals surface area contributed by atoms with Crippen molar-refractivity contribution in [3.8, 4) is 0 Å². The van der Waals surface area contributed by atoms with Gasteiger partial charge in [-0.1, -0.05) is 42.5 Å². The van der Waals surface area contributed by atoms with Gasteiger partial charge in [-0.25, -0.2) is 9.78 Å². The van der Waals surface area contributed by atoms with E-state index in [1.54, 1.807) is 18.4 Å². The molecule has 3 aromatic rings. The second kappa shape index (κ2) is 8.40. The number of carbonyl (C=O) groups excluding carboxylic acids is 1. The van der Waals surface area contributed by atoms with Crippen LogP contribution in [-0.4, -0.2) is 23.7 Å². The Morgan fingerprint density at radius 3 is 2.39 bits per heavy atom. The summed E-state index contributed by atoms with van der Waals surface area (Å²) in [4.78, 5) is 18.2. The lowest BCUT2D eigenvalue weighted by Crippen LogP contribution is -2.34. The van der Waals surface area contributed by atoms with Crippen molar-refractivity contribution in [1.29, 1.82) is 0 Å². The molecule has 0 unspecified atom stereocenters.